The summed E-state index contributed by atoms with van der Waals surface area (Å²) in [4.78, 5) is 12.1. The lowest BCUT2D eigenvalue weighted by Crippen LogP contribution is -2.21. The summed E-state index contributed by atoms with van der Waals surface area (Å²) in [5, 5.41) is 2.68. The number of methoxy groups -OCH3 is 3. The highest BCUT2D eigenvalue weighted by Crippen LogP contribution is 2.34. The smallest absolute Gasteiger partial charge is 0.262 e. The molecule has 0 fully saturated rings. The second kappa shape index (κ2) is 7.96. The highest BCUT2D eigenvalue weighted by Gasteiger charge is 2.12. The minimum absolute atomic E-state index is 0.166. The zero-order valence-electron chi connectivity index (χ0n) is 13.8. The number of nitrogens with one attached hydrogen (secondary N) is 1. The van der Waals surface area contributed by atoms with Gasteiger partial charge in [-0.15, -0.1) is 0 Å². The van der Waals surface area contributed by atoms with Crippen molar-refractivity contribution in [1.82, 2.24) is 0 Å². The maximum atomic E-state index is 12.1. The Hall–Kier alpha value is -3.09. The second-order valence-corrected chi connectivity index (χ2v) is 4.81. The monoisotopic (exact) mass is 332 g/mol. The Morgan fingerprint density at radius 3 is 2.33 bits per heavy atom. The first-order valence-corrected chi connectivity index (χ1v) is 7.15. The largest absolute Gasteiger partial charge is 0.497 e. The van der Waals surface area contributed by atoms with Crippen LogP contribution in [0.15, 0.2) is 36.4 Å². The van der Waals surface area contributed by atoms with E-state index in [1.807, 2.05) is 0 Å². The summed E-state index contributed by atoms with van der Waals surface area (Å²) in [6, 6.07) is 10.2. The normalized spacial score (nSPS) is 9.96. The predicted molar refractivity (Wildman–Crippen MR) is 91.1 cm³/mol. The first kappa shape index (κ1) is 17.3. The van der Waals surface area contributed by atoms with Crippen molar-refractivity contribution < 1.29 is 23.7 Å². The van der Waals surface area contributed by atoms with Gasteiger partial charge in [-0.2, -0.15) is 0 Å². The maximum absolute atomic E-state index is 12.1. The van der Waals surface area contributed by atoms with Gasteiger partial charge in [0.15, 0.2) is 18.1 Å². The average Bonchev–Trinajstić information content (AvgIpc) is 2.61. The topological polar surface area (TPSA) is 92.0 Å². The van der Waals surface area contributed by atoms with Gasteiger partial charge in [-0.25, -0.2) is 0 Å². The van der Waals surface area contributed by atoms with E-state index in [4.69, 9.17) is 24.7 Å². The summed E-state index contributed by atoms with van der Waals surface area (Å²) in [6.45, 7) is -0.166. The summed E-state index contributed by atoms with van der Waals surface area (Å²) >= 11 is 0. The minimum atomic E-state index is -0.350. The molecule has 0 unspecified atom stereocenters. The molecule has 0 spiro atoms. The van der Waals surface area contributed by atoms with E-state index in [1.54, 1.807) is 43.5 Å². The highest BCUT2D eigenvalue weighted by atomic mass is 16.5. The zero-order valence-corrected chi connectivity index (χ0v) is 13.8. The van der Waals surface area contributed by atoms with E-state index in [2.05, 4.69) is 5.32 Å². The number of hydrogen-bond donors (Lipinski definition) is 2. The van der Waals surface area contributed by atoms with Crippen molar-refractivity contribution in [3.8, 4) is 23.0 Å². The van der Waals surface area contributed by atoms with E-state index in [1.165, 1.54) is 14.2 Å². The molecule has 0 atom stereocenters. The number of benzene rings is 2. The molecule has 0 aliphatic carbocycles. The van der Waals surface area contributed by atoms with E-state index in [0.717, 1.165) is 0 Å². The van der Waals surface area contributed by atoms with Gasteiger partial charge in [-0.3, -0.25) is 4.79 Å². The Kier molecular flexibility index (Phi) is 5.73. The third-order valence-electron chi connectivity index (χ3n) is 3.24. The molecule has 7 nitrogen and oxygen atoms in total. The van der Waals surface area contributed by atoms with E-state index >= 15 is 0 Å². The molecule has 24 heavy (non-hydrogen) atoms. The highest BCUT2D eigenvalue weighted by molar-refractivity contribution is 5.95. The Bertz CT molecular complexity index is 718. The van der Waals surface area contributed by atoms with Gasteiger partial charge in [-0.1, -0.05) is 6.07 Å². The van der Waals surface area contributed by atoms with Crippen molar-refractivity contribution in [1.29, 1.82) is 0 Å². The number of carbonyl (C=O) groups is 1. The number of nitrogens with two attached hydrogens (primary N) is 1. The lowest BCUT2D eigenvalue weighted by molar-refractivity contribution is -0.118. The van der Waals surface area contributed by atoms with Crippen molar-refractivity contribution in [2.45, 2.75) is 0 Å². The Morgan fingerprint density at radius 2 is 1.67 bits per heavy atom. The fourth-order valence-corrected chi connectivity index (χ4v) is 2.03. The molecule has 0 radical (unpaired) electrons. The number of ether oxygens (including phenoxy) is 4. The van der Waals surface area contributed by atoms with Crippen molar-refractivity contribution in [3.63, 3.8) is 0 Å². The van der Waals surface area contributed by atoms with Crippen LogP contribution in [0.3, 0.4) is 0 Å². The molecule has 2 aromatic carbocycles. The molecule has 0 bridgehead atoms. The second-order valence-electron chi connectivity index (χ2n) is 4.81. The van der Waals surface area contributed by atoms with Gasteiger partial charge in [-0.05, 0) is 12.1 Å². The van der Waals surface area contributed by atoms with Crippen LogP contribution >= 0.6 is 0 Å². The SMILES string of the molecule is COc1cccc(OCC(=O)Nc2cc(OC)c(OC)cc2N)c1. The maximum Gasteiger partial charge on any atom is 0.262 e. The molecular formula is C17H20N2O5. The van der Waals surface area contributed by atoms with Gasteiger partial charge in [0.1, 0.15) is 11.5 Å². The summed E-state index contributed by atoms with van der Waals surface area (Å²) in [5.41, 5.74) is 6.69. The molecule has 3 N–H and O–H groups in total. The van der Waals surface area contributed by atoms with Gasteiger partial charge in [0.2, 0.25) is 0 Å². The molecule has 128 valence electrons. The molecule has 2 rings (SSSR count). The van der Waals surface area contributed by atoms with Crippen LogP contribution in [0.25, 0.3) is 0 Å². The Morgan fingerprint density at radius 1 is 1.00 bits per heavy atom. The van der Waals surface area contributed by atoms with Crippen LogP contribution in [0.4, 0.5) is 11.4 Å². The number of amides is 1. The number of nitrogen functional groups attached to an aromatic ring is 1. The van der Waals surface area contributed by atoms with Gasteiger partial charge in [0, 0.05) is 18.2 Å². The van der Waals surface area contributed by atoms with Crippen LogP contribution in [0.5, 0.6) is 23.0 Å². The van der Waals surface area contributed by atoms with Crippen LogP contribution in [-0.2, 0) is 4.79 Å². The van der Waals surface area contributed by atoms with E-state index in [9.17, 15) is 4.79 Å². The number of rotatable bonds is 7. The first-order valence-electron chi connectivity index (χ1n) is 7.15. The minimum Gasteiger partial charge on any atom is -0.497 e. The predicted octanol–water partition coefficient (Wildman–Crippen LogP) is 2.31. The molecular weight excluding hydrogens is 312 g/mol. The number of hydrogen-bond acceptors (Lipinski definition) is 6. The Balaban J connectivity index is 2.01. The molecule has 7 heteroatoms. The van der Waals surface area contributed by atoms with Crippen LogP contribution in [0.1, 0.15) is 0 Å². The third kappa shape index (κ3) is 4.22. The van der Waals surface area contributed by atoms with Crippen LogP contribution < -0.4 is 30.0 Å². The zero-order chi connectivity index (χ0) is 17.5. The van der Waals surface area contributed by atoms with Crippen molar-refractivity contribution in [2.24, 2.45) is 0 Å². The number of anilines is 2. The van der Waals surface area contributed by atoms with E-state index in [-0.39, 0.29) is 12.5 Å². The average molecular weight is 332 g/mol. The standard InChI is InChI=1S/C17H20N2O5/c1-21-11-5-4-6-12(7-11)24-10-17(20)19-14-9-16(23-3)15(22-2)8-13(14)18/h4-9H,10,18H2,1-3H3,(H,19,20). The van der Waals surface area contributed by atoms with Crippen LogP contribution in [-0.4, -0.2) is 33.8 Å². The fraction of sp³-hybridized carbons (Fsp3) is 0.235. The number of carbonyl (C=O) groups excluding carboxylic acids is 1. The summed E-state index contributed by atoms with van der Waals surface area (Å²) in [7, 11) is 4.58. The van der Waals surface area contributed by atoms with E-state index in [0.29, 0.717) is 34.4 Å². The molecule has 0 saturated carbocycles. The summed E-state index contributed by atoms with van der Waals surface area (Å²) in [5.74, 6) is 1.79. The molecule has 0 heterocycles. The van der Waals surface area contributed by atoms with E-state index < -0.39 is 0 Å². The van der Waals surface area contributed by atoms with Crippen molar-refractivity contribution in [2.75, 3.05) is 39.0 Å². The quantitative estimate of drug-likeness (QED) is 0.756. The lowest BCUT2D eigenvalue weighted by atomic mass is 10.2. The van der Waals surface area contributed by atoms with Gasteiger partial charge in [0.25, 0.3) is 5.91 Å². The fourth-order valence-electron chi connectivity index (χ4n) is 2.03. The van der Waals surface area contributed by atoms with Gasteiger partial charge < -0.3 is 30.0 Å². The van der Waals surface area contributed by atoms with Crippen molar-refractivity contribution >= 4 is 17.3 Å². The lowest BCUT2D eigenvalue weighted by Gasteiger charge is -2.13. The van der Waals surface area contributed by atoms with Crippen LogP contribution in [0.2, 0.25) is 0 Å². The van der Waals surface area contributed by atoms with Crippen molar-refractivity contribution in [3.05, 3.63) is 36.4 Å². The molecule has 0 aliphatic rings. The van der Waals surface area contributed by atoms with Gasteiger partial charge in [0.05, 0.1) is 32.7 Å². The molecule has 1 amide bonds. The summed E-state index contributed by atoms with van der Waals surface area (Å²) in [6.07, 6.45) is 0. The molecule has 0 saturated heterocycles. The summed E-state index contributed by atoms with van der Waals surface area (Å²) < 4.78 is 20.9. The van der Waals surface area contributed by atoms with Gasteiger partial charge >= 0.3 is 0 Å². The Labute approximate surface area is 140 Å². The van der Waals surface area contributed by atoms with Crippen LogP contribution in [0, 0.1) is 0 Å². The molecule has 0 aromatic heterocycles. The third-order valence-corrected chi connectivity index (χ3v) is 3.24. The molecule has 0 aliphatic heterocycles. The molecule has 2 aromatic rings. The first-order chi connectivity index (χ1) is 11.6.